The number of aromatic nitrogens is 1. The summed E-state index contributed by atoms with van der Waals surface area (Å²) in [4.78, 5) is 15.6. The fourth-order valence-corrected chi connectivity index (χ4v) is 5.33. The zero-order valence-corrected chi connectivity index (χ0v) is 18.3. The van der Waals surface area contributed by atoms with Crippen molar-refractivity contribution in [1.29, 1.82) is 0 Å². The van der Waals surface area contributed by atoms with E-state index in [4.69, 9.17) is 0 Å². The van der Waals surface area contributed by atoms with Crippen LogP contribution in [0.15, 0.2) is 53.7 Å². The molecule has 1 atom stereocenters. The maximum Gasteiger partial charge on any atom is 0.244 e. The van der Waals surface area contributed by atoms with Gasteiger partial charge in [-0.25, -0.2) is 8.42 Å². The summed E-state index contributed by atoms with van der Waals surface area (Å²) in [5.74, 6) is 0.00916. The Kier molecular flexibility index (Phi) is 6.80. The molecular formula is C22H31N3O3S. The Morgan fingerprint density at radius 1 is 1.17 bits per heavy atom. The maximum absolute atomic E-state index is 13.3. The highest BCUT2D eigenvalue weighted by atomic mass is 32.2. The van der Waals surface area contributed by atoms with Crippen molar-refractivity contribution in [2.45, 2.75) is 50.6 Å². The number of hydrogen-bond acceptors (Lipinski definition) is 3. The Bertz CT molecular complexity index is 916. The number of aryl methyl sites for hydroxylation is 1. The molecule has 0 bridgehead atoms. The summed E-state index contributed by atoms with van der Waals surface area (Å²) in [6.45, 7) is 5.53. The van der Waals surface area contributed by atoms with E-state index in [0.29, 0.717) is 37.4 Å². The normalized spacial score (nSPS) is 17.2. The average Bonchev–Trinajstić information content (AvgIpc) is 3.19. The van der Waals surface area contributed by atoms with Gasteiger partial charge < -0.3 is 9.47 Å². The molecule has 1 amide bonds. The molecule has 6 nitrogen and oxygen atoms in total. The largest absolute Gasteiger partial charge is 0.356 e. The number of piperidine rings is 1. The SMILES string of the molecule is CC[C@H](C)N(Cc1ccccc1)C(=O)C1CCN(S(=O)(=O)c2ccn(C)c2)CC1. The smallest absolute Gasteiger partial charge is 0.244 e. The number of amides is 1. The first-order valence-corrected chi connectivity index (χ1v) is 11.7. The first-order chi connectivity index (χ1) is 13.8. The number of carbonyl (C=O) groups excluding carboxylic acids is 1. The third kappa shape index (κ3) is 4.90. The standard InChI is InChI=1S/C22H31N3O3S/c1-4-18(2)25(16-19-8-6-5-7-9-19)22(26)20-10-14-24(15-11-20)29(27,28)21-12-13-23(3)17-21/h5-9,12-13,17-18,20H,4,10-11,14-16H2,1-3H3/t18-/m0/s1. The second kappa shape index (κ2) is 9.13. The van der Waals surface area contributed by atoms with Gasteiger partial charge in [-0.05, 0) is 37.8 Å². The number of nitrogens with zero attached hydrogens (tertiary/aromatic N) is 3. The highest BCUT2D eigenvalue weighted by Crippen LogP contribution is 2.26. The fraction of sp³-hybridized carbons (Fsp3) is 0.500. The molecule has 2 heterocycles. The molecule has 1 fully saturated rings. The fourth-order valence-electron chi connectivity index (χ4n) is 3.81. The van der Waals surface area contributed by atoms with Crippen molar-refractivity contribution in [3.8, 4) is 0 Å². The van der Waals surface area contributed by atoms with Crippen molar-refractivity contribution in [2.75, 3.05) is 13.1 Å². The molecule has 0 radical (unpaired) electrons. The molecule has 0 spiro atoms. The van der Waals surface area contributed by atoms with E-state index in [-0.39, 0.29) is 17.9 Å². The first-order valence-electron chi connectivity index (χ1n) is 10.3. The van der Waals surface area contributed by atoms with Gasteiger partial charge in [-0.2, -0.15) is 4.31 Å². The van der Waals surface area contributed by atoms with Crippen molar-refractivity contribution < 1.29 is 13.2 Å². The van der Waals surface area contributed by atoms with Crippen LogP contribution in [0.4, 0.5) is 0 Å². The van der Waals surface area contributed by atoms with Gasteiger partial charge in [0.05, 0.1) is 4.90 Å². The Labute approximate surface area is 174 Å². The van der Waals surface area contributed by atoms with Gasteiger partial charge in [0.2, 0.25) is 15.9 Å². The van der Waals surface area contributed by atoms with Crippen LogP contribution in [-0.4, -0.2) is 47.2 Å². The summed E-state index contributed by atoms with van der Waals surface area (Å²) in [7, 11) is -1.69. The lowest BCUT2D eigenvalue weighted by Gasteiger charge is -2.36. The van der Waals surface area contributed by atoms with Crippen molar-refractivity contribution in [3.05, 3.63) is 54.4 Å². The number of sulfonamides is 1. The lowest BCUT2D eigenvalue weighted by Crippen LogP contribution is -2.46. The van der Waals surface area contributed by atoms with E-state index in [1.54, 1.807) is 30.1 Å². The Morgan fingerprint density at radius 3 is 2.38 bits per heavy atom. The van der Waals surface area contributed by atoms with Crippen LogP contribution in [-0.2, 0) is 28.4 Å². The molecular weight excluding hydrogens is 386 g/mol. The third-order valence-electron chi connectivity index (χ3n) is 5.85. The van der Waals surface area contributed by atoms with Gasteiger partial charge in [0.25, 0.3) is 0 Å². The van der Waals surface area contributed by atoms with Crippen molar-refractivity contribution in [2.24, 2.45) is 13.0 Å². The number of carbonyl (C=O) groups is 1. The van der Waals surface area contributed by atoms with Gasteiger partial charge >= 0.3 is 0 Å². The minimum atomic E-state index is -3.49. The lowest BCUT2D eigenvalue weighted by atomic mass is 9.95. The Morgan fingerprint density at radius 2 is 1.83 bits per heavy atom. The summed E-state index contributed by atoms with van der Waals surface area (Å²) in [5, 5.41) is 0. The molecule has 158 valence electrons. The van der Waals surface area contributed by atoms with Gasteiger partial charge in [0.15, 0.2) is 0 Å². The van der Waals surface area contributed by atoms with Gasteiger partial charge in [0, 0.05) is 51.0 Å². The van der Waals surface area contributed by atoms with Crippen LogP contribution in [0.5, 0.6) is 0 Å². The zero-order chi connectivity index (χ0) is 21.0. The molecule has 1 aliphatic rings. The van der Waals surface area contributed by atoms with Crippen molar-refractivity contribution >= 4 is 15.9 Å². The minimum absolute atomic E-state index is 0.130. The van der Waals surface area contributed by atoms with E-state index in [0.717, 1.165) is 12.0 Å². The molecule has 0 unspecified atom stereocenters. The Balaban J connectivity index is 1.67. The minimum Gasteiger partial charge on any atom is -0.356 e. The molecule has 1 aliphatic heterocycles. The van der Waals surface area contributed by atoms with Crippen LogP contribution in [0, 0.1) is 5.92 Å². The van der Waals surface area contributed by atoms with Crippen LogP contribution >= 0.6 is 0 Å². The highest BCUT2D eigenvalue weighted by Gasteiger charge is 2.35. The molecule has 0 aliphatic carbocycles. The zero-order valence-electron chi connectivity index (χ0n) is 17.5. The maximum atomic E-state index is 13.3. The van der Waals surface area contributed by atoms with E-state index < -0.39 is 10.0 Å². The molecule has 0 saturated carbocycles. The quantitative estimate of drug-likeness (QED) is 0.695. The molecule has 2 aromatic rings. The number of benzene rings is 1. The molecule has 0 N–H and O–H groups in total. The molecule has 3 rings (SSSR count). The summed E-state index contributed by atoms with van der Waals surface area (Å²) in [6, 6.07) is 11.8. The van der Waals surface area contributed by atoms with Crippen LogP contribution in [0.1, 0.15) is 38.7 Å². The topological polar surface area (TPSA) is 62.6 Å². The monoisotopic (exact) mass is 417 g/mol. The van der Waals surface area contributed by atoms with Gasteiger partial charge in [-0.15, -0.1) is 0 Å². The van der Waals surface area contributed by atoms with Crippen LogP contribution in [0.25, 0.3) is 0 Å². The van der Waals surface area contributed by atoms with Crippen LogP contribution in [0.3, 0.4) is 0 Å². The van der Waals surface area contributed by atoms with E-state index in [2.05, 4.69) is 13.8 Å². The van der Waals surface area contributed by atoms with Gasteiger partial charge in [0.1, 0.15) is 0 Å². The van der Waals surface area contributed by atoms with Crippen LogP contribution < -0.4 is 0 Å². The molecule has 1 saturated heterocycles. The summed E-state index contributed by atoms with van der Waals surface area (Å²) in [5.41, 5.74) is 1.12. The Hall–Kier alpha value is -2.12. The molecule has 29 heavy (non-hydrogen) atoms. The van der Waals surface area contributed by atoms with E-state index in [9.17, 15) is 13.2 Å². The van der Waals surface area contributed by atoms with Crippen molar-refractivity contribution in [3.63, 3.8) is 0 Å². The number of rotatable bonds is 7. The lowest BCUT2D eigenvalue weighted by molar-refractivity contribution is -0.139. The van der Waals surface area contributed by atoms with Crippen molar-refractivity contribution in [1.82, 2.24) is 13.8 Å². The van der Waals surface area contributed by atoms with E-state index in [1.807, 2.05) is 35.2 Å². The molecule has 1 aromatic heterocycles. The average molecular weight is 418 g/mol. The van der Waals surface area contributed by atoms with Gasteiger partial charge in [-0.3, -0.25) is 4.79 Å². The molecule has 1 aromatic carbocycles. The third-order valence-corrected chi connectivity index (χ3v) is 7.73. The first kappa shape index (κ1) is 21.6. The van der Waals surface area contributed by atoms with Gasteiger partial charge in [-0.1, -0.05) is 37.3 Å². The van der Waals surface area contributed by atoms with E-state index >= 15 is 0 Å². The predicted molar refractivity (Wildman–Crippen MR) is 114 cm³/mol. The second-order valence-electron chi connectivity index (χ2n) is 7.90. The second-order valence-corrected chi connectivity index (χ2v) is 9.84. The summed E-state index contributed by atoms with van der Waals surface area (Å²) in [6.07, 6.45) is 5.37. The predicted octanol–water partition coefficient (Wildman–Crippen LogP) is 3.25. The van der Waals surface area contributed by atoms with E-state index in [1.165, 1.54) is 4.31 Å². The molecule has 7 heteroatoms. The highest BCUT2D eigenvalue weighted by molar-refractivity contribution is 7.89. The number of hydrogen-bond donors (Lipinski definition) is 0. The summed E-state index contributed by atoms with van der Waals surface area (Å²) >= 11 is 0. The van der Waals surface area contributed by atoms with Crippen LogP contribution in [0.2, 0.25) is 0 Å². The summed E-state index contributed by atoms with van der Waals surface area (Å²) < 4.78 is 28.9.